The van der Waals surface area contributed by atoms with E-state index in [9.17, 15) is 4.79 Å². The van der Waals surface area contributed by atoms with Crippen LogP contribution in [0.3, 0.4) is 0 Å². The first-order valence-electron chi connectivity index (χ1n) is 9.53. The lowest BCUT2D eigenvalue weighted by atomic mass is 9.73. The molecule has 2 unspecified atom stereocenters. The summed E-state index contributed by atoms with van der Waals surface area (Å²) in [6, 6.07) is 0. The Morgan fingerprint density at radius 1 is 1.04 bits per heavy atom. The molecule has 0 N–H and O–H groups in total. The van der Waals surface area contributed by atoms with Crippen LogP contribution in [0.25, 0.3) is 0 Å². The van der Waals surface area contributed by atoms with Crippen LogP contribution in [0.15, 0.2) is 0 Å². The molecule has 0 amide bonds. The minimum atomic E-state index is -0.447. The third-order valence-corrected chi connectivity index (χ3v) is 5.22. The molecule has 0 heterocycles. The summed E-state index contributed by atoms with van der Waals surface area (Å²) < 4.78 is 12.0. The van der Waals surface area contributed by atoms with Crippen LogP contribution in [0.1, 0.15) is 87.0 Å². The Kier molecular flexibility index (Phi) is 8.06. The van der Waals surface area contributed by atoms with E-state index < -0.39 is 11.7 Å². The minimum Gasteiger partial charge on any atom is -0.435 e. The van der Waals surface area contributed by atoms with E-state index in [4.69, 9.17) is 9.47 Å². The average Bonchev–Trinajstić information content (AvgIpc) is 2.46. The van der Waals surface area contributed by atoms with Gasteiger partial charge in [0.05, 0.1) is 11.5 Å². The van der Waals surface area contributed by atoms with Gasteiger partial charge in [0.25, 0.3) is 0 Å². The Morgan fingerprint density at radius 3 is 2.04 bits per heavy atom. The van der Waals surface area contributed by atoms with Crippen molar-refractivity contribution in [2.24, 2.45) is 23.2 Å². The van der Waals surface area contributed by atoms with Gasteiger partial charge in [0.15, 0.2) is 0 Å². The van der Waals surface area contributed by atoms with E-state index in [2.05, 4.69) is 41.5 Å². The molecular formula is C20H38O3. The Morgan fingerprint density at radius 2 is 1.61 bits per heavy atom. The molecule has 136 valence electrons. The summed E-state index contributed by atoms with van der Waals surface area (Å²) in [5, 5.41) is 0. The number of hydrogen-bond donors (Lipinski definition) is 0. The molecule has 2 atom stereocenters. The molecule has 1 rings (SSSR count). The van der Waals surface area contributed by atoms with E-state index in [0.29, 0.717) is 5.92 Å². The Hall–Kier alpha value is -0.570. The van der Waals surface area contributed by atoms with E-state index in [-0.39, 0.29) is 23.9 Å². The first-order valence-corrected chi connectivity index (χ1v) is 9.53. The van der Waals surface area contributed by atoms with E-state index in [0.717, 1.165) is 19.3 Å². The standard InChI is InChI=1S/C20H38O3/c1-14(2)13-20(7,16(5)6)19(21)23-18(15(3)4)22-17-11-9-8-10-12-17/h14-18H,8-13H2,1-7H3. The second-order valence-corrected chi connectivity index (χ2v) is 8.58. The summed E-state index contributed by atoms with van der Waals surface area (Å²) in [6.45, 7) is 14.7. The van der Waals surface area contributed by atoms with Crippen LogP contribution < -0.4 is 0 Å². The molecular weight excluding hydrogens is 288 g/mol. The first-order chi connectivity index (χ1) is 10.7. The van der Waals surface area contributed by atoms with Crippen molar-refractivity contribution >= 4 is 5.97 Å². The molecule has 0 radical (unpaired) electrons. The van der Waals surface area contributed by atoms with Gasteiger partial charge in [-0.2, -0.15) is 0 Å². The lowest BCUT2D eigenvalue weighted by Gasteiger charge is -2.36. The maximum atomic E-state index is 12.9. The lowest BCUT2D eigenvalue weighted by molar-refractivity contribution is -0.215. The summed E-state index contributed by atoms with van der Waals surface area (Å²) in [7, 11) is 0. The number of carbonyl (C=O) groups is 1. The second-order valence-electron chi connectivity index (χ2n) is 8.58. The number of carbonyl (C=O) groups excluding carboxylic acids is 1. The molecule has 3 nitrogen and oxygen atoms in total. The molecule has 1 saturated carbocycles. The van der Waals surface area contributed by atoms with Gasteiger partial charge in [0, 0.05) is 5.92 Å². The molecule has 23 heavy (non-hydrogen) atoms. The highest BCUT2D eigenvalue weighted by atomic mass is 16.7. The summed E-state index contributed by atoms with van der Waals surface area (Å²) in [6.07, 6.45) is 6.60. The summed E-state index contributed by atoms with van der Waals surface area (Å²) in [5.41, 5.74) is -0.447. The van der Waals surface area contributed by atoms with Gasteiger partial charge in [0.1, 0.15) is 0 Å². The monoisotopic (exact) mass is 326 g/mol. The second kappa shape index (κ2) is 9.05. The largest absolute Gasteiger partial charge is 0.435 e. The highest BCUT2D eigenvalue weighted by Gasteiger charge is 2.40. The van der Waals surface area contributed by atoms with E-state index in [1.54, 1.807) is 0 Å². The van der Waals surface area contributed by atoms with Gasteiger partial charge in [-0.05, 0) is 38.0 Å². The molecule has 0 aromatic rings. The molecule has 1 aliphatic rings. The van der Waals surface area contributed by atoms with Crippen LogP contribution in [0.4, 0.5) is 0 Å². The van der Waals surface area contributed by atoms with Gasteiger partial charge in [-0.3, -0.25) is 4.79 Å². The zero-order chi connectivity index (χ0) is 17.6. The predicted octanol–water partition coefficient (Wildman–Crippen LogP) is 5.57. The van der Waals surface area contributed by atoms with Crippen molar-refractivity contribution in [3.63, 3.8) is 0 Å². The van der Waals surface area contributed by atoms with Crippen LogP contribution in [0.5, 0.6) is 0 Å². The van der Waals surface area contributed by atoms with Crippen LogP contribution >= 0.6 is 0 Å². The Bertz CT molecular complexity index is 356. The third kappa shape index (κ3) is 6.10. The van der Waals surface area contributed by atoms with Crippen molar-refractivity contribution in [3.05, 3.63) is 0 Å². The molecule has 0 spiro atoms. The first kappa shape index (κ1) is 20.5. The zero-order valence-corrected chi connectivity index (χ0v) is 16.4. The van der Waals surface area contributed by atoms with E-state index >= 15 is 0 Å². The molecule has 1 aliphatic carbocycles. The number of ether oxygens (including phenoxy) is 2. The topological polar surface area (TPSA) is 35.5 Å². The zero-order valence-electron chi connectivity index (χ0n) is 16.4. The van der Waals surface area contributed by atoms with Crippen molar-refractivity contribution in [1.82, 2.24) is 0 Å². The van der Waals surface area contributed by atoms with Gasteiger partial charge < -0.3 is 9.47 Å². The maximum Gasteiger partial charge on any atom is 0.314 e. The SMILES string of the molecule is CC(C)CC(C)(C(=O)OC(OC1CCCCC1)C(C)C)C(C)C. The van der Waals surface area contributed by atoms with Gasteiger partial charge in [0.2, 0.25) is 6.29 Å². The normalized spacial score (nSPS) is 20.8. The molecule has 0 aliphatic heterocycles. The molecule has 0 bridgehead atoms. The maximum absolute atomic E-state index is 12.9. The fraction of sp³-hybridized carbons (Fsp3) is 0.950. The molecule has 0 aromatic heterocycles. The Balaban J connectivity index is 2.74. The number of esters is 1. The predicted molar refractivity (Wildman–Crippen MR) is 95.1 cm³/mol. The van der Waals surface area contributed by atoms with Gasteiger partial charge in [-0.15, -0.1) is 0 Å². The summed E-state index contributed by atoms with van der Waals surface area (Å²) in [5.74, 6) is 0.790. The number of hydrogen-bond acceptors (Lipinski definition) is 3. The van der Waals surface area contributed by atoms with E-state index in [1.165, 1.54) is 19.3 Å². The van der Waals surface area contributed by atoms with Crippen LogP contribution in [-0.2, 0) is 14.3 Å². The van der Waals surface area contributed by atoms with Gasteiger partial charge in [-0.25, -0.2) is 0 Å². The van der Waals surface area contributed by atoms with Crippen molar-refractivity contribution in [3.8, 4) is 0 Å². The molecule has 0 saturated heterocycles. The Labute approximate surface area is 143 Å². The quantitative estimate of drug-likeness (QED) is 0.432. The molecule has 3 heteroatoms. The van der Waals surface area contributed by atoms with Gasteiger partial charge in [-0.1, -0.05) is 60.8 Å². The fourth-order valence-electron chi connectivity index (χ4n) is 3.35. The smallest absolute Gasteiger partial charge is 0.314 e. The number of rotatable bonds is 8. The van der Waals surface area contributed by atoms with Crippen LogP contribution in [0.2, 0.25) is 0 Å². The highest BCUT2D eigenvalue weighted by Crippen LogP contribution is 2.36. The third-order valence-electron chi connectivity index (χ3n) is 5.22. The summed E-state index contributed by atoms with van der Waals surface area (Å²) in [4.78, 5) is 12.9. The molecule has 1 fully saturated rings. The van der Waals surface area contributed by atoms with E-state index in [1.807, 2.05) is 6.92 Å². The van der Waals surface area contributed by atoms with Crippen LogP contribution in [-0.4, -0.2) is 18.4 Å². The minimum absolute atomic E-state index is 0.101. The van der Waals surface area contributed by atoms with Crippen LogP contribution in [0, 0.1) is 23.2 Å². The highest BCUT2D eigenvalue weighted by molar-refractivity contribution is 5.76. The summed E-state index contributed by atoms with van der Waals surface area (Å²) >= 11 is 0. The molecule has 0 aromatic carbocycles. The lowest BCUT2D eigenvalue weighted by Crippen LogP contribution is -2.41. The van der Waals surface area contributed by atoms with Gasteiger partial charge >= 0.3 is 5.97 Å². The van der Waals surface area contributed by atoms with Crippen molar-refractivity contribution in [2.45, 2.75) is 99.4 Å². The van der Waals surface area contributed by atoms with Crippen molar-refractivity contribution in [1.29, 1.82) is 0 Å². The fourth-order valence-corrected chi connectivity index (χ4v) is 3.35. The van der Waals surface area contributed by atoms with Crippen molar-refractivity contribution < 1.29 is 14.3 Å². The average molecular weight is 327 g/mol. The van der Waals surface area contributed by atoms with Crippen molar-refractivity contribution in [2.75, 3.05) is 0 Å².